The second-order valence-corrected chi connectivity index (χ2v) is 6.27. The van der Waals surface area contributed by atoms with Gasteiger partial charge in [-0.25, -0.2) is 9.97 Å². The molecule has 148 valence electrons. The smallest absolute Gasteiger partial charge is 0.254 e. The Balaban J connectivity index is 1.57. The van der Waals surface area contributed by atoms with Crippen LogP contribution in [-0.4, -0.2) is 67.6 Å². The number of aromatic nitrogens is 2. The van der Waals surface area contributed by atoms with Gasteiger partial charge in [-0.3, -0.25) is 9.59 Å². The largest absolute Gasteiger partial charge is 0.493 e. The van der Waals surface area contributed by atoms with Gasteiger partial charge >= 0.3 is 0 Å². The Morgan fingerprint density at radius 2 is 1.79 bits per heavy atom. The number of carbonyl (C=O) groups excluding carboxylic acids is 2. The number of hydrogen-bond donors (Lipinski definition) is 1. The first-order valence-corrected chi connectivity index (χ1v) is 8.90. The van der Waals surface area contributed by atoms with Gasteiger partial charge in [0.25, 0.3) is 5.91 Å². The summed E-state index contributed by atoms with van der Waals surface area (Å²) in [4.78, 5) is 35.4. The fourth-order valence-corrected chi connectivity index (χ4v) is 2.90. The van der Waals surface area contributed by atoms with E-state index in [-0.39, 0.29) is 5.91 Å². The fraction of sp³-hybridized carbons (Fsp3) is 0.368. The molecule has 0 spiro atoms. The molecule has 1 aliphatic heterocycles. The van der Waals surface area contributed by atoms with Crippen molar-refractivity contribution in [3.8, 4) is 11.5 Å². The highest BCUT2D eigenvalue weighted by molar-refractivity contribution is 5.93. The van der Waals surface area contributed by atoms with Gasteiger partial charge in [0, 0.05) is 45.1 Å². The number of methoxy groups -OCH3 is 2. The van der Waals surface area contributed by atoms with Crippen molar-refractivity contribution in [3.63, 3.8) is 0 Å². The van der Waals surface area contributed by atoms with Crippen LogP contribution in [0.4, 0.5) is 5.95 Å². The summed E-state index contributed by atoms with van der Waals surface area (Å²) >= 11 is 0. The molecule has 2 heterocycles. The standard InChI is InChI=1S/C19H23N5O4/c1-27-16-4-3-14(9-17(16)28-2)10-20-18(26)15-11-21-19(22-12-15)24-7-5-23(13-25)6-8-24/h3-4,9,11-13H,5-8,10H2,1-2H3,(H,20,26). The minimum absolute atomic E-state index is 0.257. The van der Waals surface area contributed by atoms with Crippen LogP contribution in [0, 0.1) is 0 Å². The Morgan fingerprint density at radius 3 is 2.39 bits per heavy atom. The Labute approximate surface area is 163 Å². The van der Waals surface area contributed by atoms with Gasteiger partial charge in [0.1, 0.15) is 0 Å². The highest BCUT2D eigenvalue weighted by Gasteiger charge is 2.18. The molecule has 0 atom stereocenters. The van der Waals surface area contributed by atoms with Crippen LogP contribution in [0.15, 0.2) is 30.6 Å². The van der Waals surface area contributed by atoms with Crippen LogP contribution >= 0.6 is 0 Å². The van der Waals surface area contributed by atoms with Crippen molar-refractivity contribution in [2.24, 2.45) is 0 Å². The van der Waals surface area contributed by atoms with Crippen LogP contribution in [-0.2, 0) is 11.3 Å². The second kappa shape index (κ2) is 9.03. The molecule has 0 saturated carbocycles. The number of ether oxygens (including phenoxy) is 2. The first-order valence-electron chi connectivity index (χ1n) is 8.90. The van der Waals surface area contributed by atoms with Gasteiger partial charge < -0.3 is 24.6 Å². The minimum atomic E-state index is -0.257. The van der Waals surface area contributed by atoms with E-state index in [2.05, 4.69) is 15.3 Å². The van der Waals surface area contributed by atoms with E-state index in [1.165, 1.54) is 12.4 Å². The fourth-order valence-electron chi connectivity index (χ4n) is 2.90. The predicted octanol–water partition coefficient (Wildman–Crippen LogP) is 0.702. The van der Waals surface area contributed by atoms with Crippen LogP contribution < -0.4 is 19.7 Å². The van der Waals surface area contributed by atoms with E-state index in [0.717, 1.165) is 12.0 Å². The number of nitrogens with one attached hydrogen (secondary N) is 1. The van der Waals surface area contributed by atoms with Gasteiger partial charge in [0.15, 0.2) is 11.5 Å². The maximum Gasteiger partial charge on any atom is 0.254 e. The molecule has 9 nitrogen and oxygen atoms in total. The van der Waals surface area contributed by atoms with Crippen LogP contribution in [0.2, 0.25) is 0 Å². The van der Waals surface area contributed by atoms with Crippen molar-refractivity contribution < 1.29 is 19.1 Å². The van der Waals surface area contributed by atoms with Crippen LogP contribution in [0.25, 0.3) is 0 Å². The Hall–Kier alpha value is -3.36. The molecular weight excluding hydrogens is 362 g/mol. The lowest BCUT2D eigenvalue weighted by molar-refractivity contribution is -0.118. The van der Waals surface area contributed by atoms with Gasteiger partial charge in [0.05, 0.1) is 19.8 Å². The molecule has 0 unspecified atom stereocenters. The number of piperazine rings is 1. The number of hydrogen-bond acceptors (Lipinski definition) is 7. The molecule has 9 heteroatoms. The van der Waals surface area contributed by atoms with Gasteiger partial charge in [-0.1, -0.05) is 6.07 Å². The number of benzene rings is 1. The second-order valence-electron chi connectivity index (χ2n) is 6.27. The van der Waals surface area contributed by atoms with E-state index in [0.29, 0.717) is 55.7 Å². The van der Waals surface area contributed by atoms with Crippen LogP contribution in [0.5, 0.6) is 11.5 Å². The molecule has 0 radical (unpaired) electrons. The van der Waals surface area contributed by atoms with Gasteiger partial charge in [-0.05, 0) is 17.7 Å². The monoisotopic (exact) mass is 385 g/mol. The molecule has 1 N–H and O–H groups in total. The molecule has 2 amide bonds. The summed E-state index contributed by atoms with van der Waals surface area (Å²) in [5.74, 6) is 1.54. The molecule has 1 aliphatic rings. The highest BCUT2D eigenvalue weighted by Crippen LogP contribution is 2.27. The zero-order valence-electron chi connectivity index (χ0n) is 15.9. The molecule has 1 aromatic carbocycles. The van der Waals surface area contributed by atoms with Crippen molar-refractivity contribution in [3.05, 3.63) is 41.7 Å². The number of nitrogens with zero attached hydrogens (tertiary/aromatic N) is 4. The molecule has 1 saturated heterocycles. The lowest BCUT2D eigenvalue weighted by Gasteiger charge is -2.32. The lowest BCUT2D eigenvalue weighted by Crippen LogP contribution is -2.46. The minimum Gasteiger partial charge on any atom is -0.493 e. The summed E-state index contributed by atoms with van der Waals surface area (Å²) < 4.78 is 10.5. The third-order valence-electron chi connectivity index (χ3n) is 4.55. The third-order valence-corrected chi connectivity index (χ3v) is 4.55. The van der Waals surface area contributed by atoms with Crippen molar-refractivity contribution >= 4 is 18.3 Å². The molecule has 28 heavy (non-hydrogen) atoms. The molecule has 2 aromatic rings. The van der Waals surface area contributed by atoms with E-state index in [9.17, 15) is 9.59 Å². The number of amides is 2. The molecule has 3 rings (SSSR count). The Morgan fingerprint density at radius 1 is 1.11 bits per heavy atom. The molecular formula is C19H23N5O4. The maximum absolute atomic E-state index is 12.4. The van der Waals surface area contributed by atoms with E-state index in [4.69, 9.17) is 9.47 Å². The van der Waals surface area contributed by atoms with Gasteiger partial charge in [0.2, 0.25) is 12.4 Å². The maximum atomic E-state index is 12.4. The Bertz CT molecular complexity index is 820. The lowest BCUT2D eigenvalue weighted by atomic mass is 10.2. The summed E-state index contributed by atoms with van der Waals surface area (Å²) in [5, 5.41) is 2.84. The molecule has 0 aliphatic carbocycles. The summed E-state index contributed by atoms with van der Waals surface area (Å²) in [6.45, 7) is 2.96. The van der Waals surface area contributed by atoms with E-state index in [1.807, 2.05) is 17.0 Å². The third kappa shape index (κ3) is 4.48. The van der Waals surface area contributed by atoms with Crippen molar-refractivity contribution in [2.45, 2.75) is 6.54 Å². The zero-order valence-corrected chi connectivity index (χ0v) is 15.9. The SMILES string of the molecule is COc1ccc(CNC(=O)c2cnc(N3CCN(C=O)CC3)nc2)cc1OC. The van der Waals surface area contributed by atoms with Crippen molar-refractivity contribution in [1.29, 1.82) is 0 Å². The topological polar surface area (TPSA) is 96.9 Å². The quantitative estimate of drug-likeness (QED) is 0.701. The normalized spacial score (nSPS) is 13.8. The van der Waals surface area contributed by atoms with Crippen LogP contribution in [0.3, 0.4) is 0 Å². The summed E-state index contributed by atoms with van der Waals surface area (Å²) in [5.41, 5.74) is 1.27. The van der Waals surface area contributed by atoms with Crippen molar-refractivity contribution in [2.75, 3.05) is 45.3 Å². The molecule has 1 fully saturated rings. The number of rotatable bonds is 7. The van der Waals surface area contributed by atoms with Crippen molar-refractivity contribution in [1.82, 2.24) is 20.2 Å². The number of carbonyl (C=O) groups is 2. The summed E-state index contributed by atoms with van der Waals surface area (Å²) in [6, 6.07) is 5.47. The number of anilines is 1. The predicted molar refractivity (Wildman–Crippen MR) is 103 cm³/mol. The Kier molecular flexibility index (Phi) is 6.25. The summed E-state index contributed by atoms with van der Waals surface area (Å²) in [6.07, 6.45) is 3.88. The van der Waals surface area contributed by atoms with E-state index in [1.54, 1.807) is 25.2 Å². The van der Waals surface area contributed by atoms with Gasteiger partial charge in [-0.15, -0.1) is 0 Å². The molecule has 0 bridgehead atoms. The first kappa shape index (κ1) is 19.4. The van der Waals surface area contributed by atoms with E-state index >= 15 is 0 Å². The zero-order chi connectivity index (χ0) is 19.9. The summed E-state index contributed by atoms with van der Waals surface area (Å²) in [7, 11) is 3.14. The average molecular weight is 385 g/mol. The van der Waals surface area contributed by atoms with E-state index < -0.39 is 0 Å². The van der Waals surface area contributed by atoms with Gasteiger partial charge in [-0.2, -0.15) is 0 Å². The highest BCUT2D eigenvalue weighted by atomic mass is 16.5. The first-order chi connectivity index (χ1) is 13.6. The average Bonchev–Trinajstić information content (AvgIpc) is 2.77. The van der Waals surface area contributed by atoms with Crippen LogP contribution in [0.1, 0.15) is 15.9 Å². The molecule has 1 aromatic heterocycles.